The van der Waals surface area contributed by atoms with Gasteiger partial charge in [-0.25, -0.2) is 4.79 Å². The van der Waals surface area contributed by atoms with Gasteiger partial charge in [0.05, 0.1) is 5.56 Å². The lowest BCUT2D eigenvalue weighted by Gasteiger charge is -1.97. The van der Waals surface area contributed by atoms with Crippen molar-refractivity contribution in [1.82, 2.24) is 0 Å². The van der Waals surface area contributed by atoms with Crippen molar-refractivity contribution in [3.05, 3.63) is 41.5 Å². The highest BCUT2D eigenvalue weighted by molar-refractivity contribution is 5.87. The summed E-state index contributed by atoms with van der Waals surface area (Å²) in [5.41, 5.74) is 1.11. The molecule has 0 fully saturated rings. The fraction of sp³-hybridized carbons (Fsp3) is 0.167. The van der Waals surface area contributed by atoms with Crippen LogP contribution in [0.1, 0.15) is 22.8 Å². The average molecular weight is 220 g/mol. The average Bonchev–Trinajstić information content (AvgIpc) is 2.25. The molecule has 84 valence electrons. The van der Waals surface area contributed by atoms with Crippen molar-refractivity contribution in [3.63, 3.8) is 0 Å². The van der Waals surface area contributed by atoms with E-state index < -0.39 is 5.97 Å². The van der Waals surface area contributed by atoms with E-state index in [1.807, 2.05) is 0 Å². The topological polar surface area (TPSA) is 63.6 Å². The molecule has 0 radical (unpaired) electrons. The number of carbonyl (C=O) groups is 2. The summed E-state index contributed by atoms with van der Waals surface area (Å²) in [7, 11) is 0. The lowest BCUT2D eigenvalue weighted by molar-refractivity contribution is -0.139. The number of carbonyl (C=O) groups excluding carboxylic acids is 1. The van der Waals surface area contributed by atoms with Gasteiger partial charge in [-0.2, -0.15) is 0 Å². The first-order valence-electron chi connectivity index (χ1n) is 4.73. The van der Waals surface area contributed by atoms with Crippen molar-refractivity contribution in [2.75, 3.05) is 6.61 Å². The Morgan fingerprint density at radius 2 is 1.94 bits per heavy atom. The van der Waals surface area contributed by atoms with Crippen molar-refractivity contribution < 1.29 is 19.4 Å². The molecule has 0 aliphatic carbocycles. The SMILES string of the molecule is CC(=O)OC/C=C/c1ccc(C(=O)O)cc1. The molecule has 1 N–H and O–H groups in total. The van der Waals surface area contributed by atoms with Gasteiger partial charge in [-0.15, -0.1) is 0 Å². The Labute approximate surface area is 93.2 Å². The van der Waals surface area contributed by atoms with Crippen LogP contribution >= 0.6 is 0 Å². The Hall–Kier alpha value is -2.10. The number of carboxylic acid groups (broad SMARTS) is 1. The van der Waals surface area contributed by atoms with Crippen molar-refractivity contribution in [2.24, 2.45) is 0 Å². The number of hydrogen-bond acceptors (Lipinski definition) is 3. The van der Waals surface area contributed by atoms with Gasteiger partial charge >= 0.3 is 11.9 Å². The highest BCUT2D eigenvalue weighted by Gasteiger charge is 1.99. The largest absolute Gasteiger partial charge is 0.478 e. The zero-order valence-electron chi connectivity index (χ0n) is 8.84. The normalized spacial score (nSPS) is 10.3. The smallest absolute Gasteiger partial charge is 0.335 e. The van der Waals surface area contributed by atoms with E-state index in [0.717, 1.165) is 5.56 Å². The zero-order chi connectivity index (χ0) is 12.0. The summed E-state index contributed by atoms with van der Waals surface area (Å²) < 4.78 is 4.71. The Balaban J connectivity index is 2.55. The maximum absolute atomic E-state index is 10.6. The van der Waals surface area contributed by atoms with Gasteiger partial charge in [0.25, 0.3) is 0 Å². The summed E-state index contributed by atoms with van der Waals surface area (Å²) in [6.07, 6.45) is 3.45. The van der Waals surface area contributed by atoms with Crippen LogP contribution in [0.5, 0.6) is 0 Å². The van der Waals surface area contributed by atoms with E-state index in [0.29, 0.717) is 0 Å². The molecule has 4 nitrogen and oxygen atoms in total. The molecule has 1 aromatic rings. The number of rotatable bonds is 4. The number of hydrogen-bond donors (Lipinski definition) is 1. The summed E-state index contributed by atoms with van der Waals surface area (Å²) in [6, 6.07) is 6.42. The van der Waals surface area contributed by atoms with E-state index in [2.05, 4.69) is 0 Å². The highest BCUT2D eigenvalue weighted by atomic mass is 16.5. The molecule has 1 aromatic carbocycles. The highest BCUT2D eigenvalue weighted by Crippen LogP contribution is 2.06. The first kappa shape index (κ1) is 12.0. The molecule has 0 unspecified atom stereocenters. The van der Waals surface area contributed by atoms with E-state index >= 15 is 0 Å². The van der Waals surface area contributed by atoms with E-state index in [9.17, 15) is 9.59 Å². The van der Waals surface area contributed by atoms with E-state index in [1.54, 1.807) is 24.3 Å². The molecular weight excluding hydrogens is 208 g/mol. The van der Waals surface area contributed by atoms with Gasteiger partial charge in [0.15, 0.2) is 0 Å². The van der Waals surface area contributed by atoms with Crippen LogP contribution in [0.2, 0.25) is 0 Å². The summed E-state index contributed by atoms with van der Waals surface area (Å²) in [5.74, 6) is -1.28. The molecular formula is C12H12O4. The van der Waals surface area contributed by atoms with Crippen LogP contribution in [0.4, 0.5) is 0 Å². The number of aromatic carboxylic acids is 1. The Morgan fingerprint density at radius 1 is 1.31 bits per heavy atom. The third kappa shape index (κ3) is 3.96. The fourth-order valence-corrected chi connectivity index (χ4v) is 1.09. The van der Waals surface area contributed by atoms with Crippen LogP contribution in [0.25, 0.3) is 6.08 Å². The van der Waals surface area contributed by atoms with Gasteiger partial charge in [0, 0.05) is 6.92 Å². The third-order valence-electron chi connectivity index (χ3n) is 1.85. The van der Waals surface area contributed by atoms with Crippen LogP contribution in [0.15, 0.2) is 30.3 Å². The Kier molecular flexibility index (Phi) is 4.27. The quantitative estimate of drug-likeness (QED) is 0.788. The van der Waals surface area contributed by atoms with Crippen molar-refractivity contribution >= 4 is 18.0 Å². The molecule has 1 rings (SSSR count). The lowest BCUT2D eigenvalue weighted by atomic mass is 10.1. The molecule has 0 bridgehead atoms. The maximum Gasteiger partial charge on any atom is 0.335 e. The van der Waals surface area contributed by atoms with Gasteiger partial charge in [0.2, 0.25) is 0 Å². The van der Waals surface area contributed by atoms with Crippen LogP contribution in [-0.2, 0) is 9.53 Å². The number of ether oxygens (including phenoxy) is 1. The van der Waals surface area contributed by atoms with E-state index in [4.69, 9.17) is 9.84 Å². The molecule has 0 aromatic heterocycles. The fourth-order valence-electron chi connectivity index (χ4n) is 1.09. The van der Waals surface area contributed by atoms with Crippen LogP contribution in [-0.4, -0.2) is 23.7 Å². The zero-order valence-corrected chi connectivity index (χ0v) is 8.84. The minimum atomic E-state index is -0.949. The number of benzene rings is 1. The molecule has 0 atom stereocenters. The third-order valence-corrected chi connectivity index (χ3v) is 1.85. The summed E-state index contributed by atoms with van der Waals surface area (Å²) in [4.78, 5) is 21.0. The minimum Gasteiger partial charge on any atom is -0.478 e. The number of esters is 1. The van der Waals surface area contributed by atoms with Gasteiger partial charge in [0.1, 0.15) is 6.61 Å². The van der Waals surface area contributed by atoms with Crippen LogP contribution in [0.3, 0.4) is 0 Å². The van der Waals surface area contributed by atoms with Gasteiger partial charge in [-0.3, -0.25) is 4.79 Å². The molecule has 0 saturated carbocycles. The predicted molar refractivity (Wildman–Crippen MR) is 59.1 cm³/mol. The first-order valence-corrected chi connectivity index (χ1v) is 4.73. The van der Waals surface area contributed by atoms with Gasteiger partial charge in [-0.05, 0) is 23.8 Å². The van der Waals surface area contributed by atoms with Crippen molar-refractivity contribution in [2.45, 2.75) is 6.92 Å². The molecule has 4 heteroatoms. The first-order chi connectivity index (χ1) is 7.59. The maximum atomic E-state index is 10.6. The second kappa shape index (κ2) is 5.70. The van der Waals surface area contributed by atoms with E-state index in [1.165, 1.54) is 19.1 Å². The molecule has 0 aliphatic heterocycles. The Bertz CT molecular complexity index is 404. The standard InChI is InChI=1S/C12H12O4/c1-9(13)16-8-2-3-10-4-6-11(7-5-10)12(14)15/h2-7H,8H2,1H3,(H,14,15)/b3-2+. The second-order valence-electron chi connectivity index (χ2n) is 3.13. The van der Waals surface area contributed by atoms with Crippen LogP contribution < -0.4 is 0 Å². The monoisotopic (exact) mass is 220 g/mol. The molecule has 16 heavy (non-hydrogen) atoms. The Morgan fingerprint density at radius 3 is 2.44 bits per heavy atom. The number of carboxylic acids is 1. The summed E-state index contributed by atoms with van der Waals surface area (Å²) in [5, 5.41) is 8.68. The molecule has 0 heterocycles. The molecule has 0 spiro atoms. The molecule has 0 saturated heterocycles. The predicted octanol–water partition coefficient (Wildman–Crippen LogP) is 1.96. The van der Waals surface area contributed by atoms with E-state index in [-0.39, 0.29) is 18.1 Å². The van der Waals surface area contributed by atoms with Gasteiger partial charge in [-0.1, -0.05) is 18.2 Å². The summed E-state index contributed by atoms with van der Waals surface area (Å²) >= 11 is 0. The van der Waals surface area contributed by atoms with Gasteiger partial charge < -0.3 is 9.84 Å². The molecule has 0 aliphatic rings. The summed E-state index contributed by atoms with van der Waals surface area (Å²) in [6.45, 7) is 1.56. The molecule has 0 amide bonds. The van der Waals surface area contributed by atoms with Crippen molar-refractivity contribution in [1.29, 1.82) is 0 Å². The minimum absolute atomic E-state index is 0.218. The van der Waals surface area contributed by atoms with Crippen molar-refractivity contribution in [3.8, 4) is 0 Å². The van der Waals surface area contributed by atoms with Crippen LogP contribution in [0, 0.1) is 0 Å². The lowest BCUT2D eigenvalue weighted by Crippen LogP contribution is -1.97. The second-order valence-corrected chi connectivity index (χ2v) is 3.13.